The van der Waals surface area contributed by atoms with E-state index in [1.54, 1.807) is 31.2 Å². The number of aryl methyl sites for hydroxylation is 2. The number of halogens is 7. The van der Waals surface area contributed by atoms with Crippen LogP contribution in [-0.4, -0.2) is 24.2 Å². The maximum atomic E-state index is 14.4. The van der Waals surface area contributed by atoms with E-state index < -0.39 is 29.5 Å². The van der Waals surface area contributed by atoms with Crippen LogP contribution in [0.2, 0.25) is 0 Å². The van der Waals surface area contributed by atoms with Crippen molar-refractivity contribution in [1.82, 2.24) is 0 Å². The van der Waals surface area contributed by atoms with Gasteiger partial charge in [0.2, 0.25) is 0 Å². The highest BCUT2D eigenvalue weighted by molar-refractivity contribution is 6.11. The number of anilines is 2. The van der Waals surface area contributed by atoms with Crippen molar-refractivity contribution >= 4 is 23.2 Å². The Labute approximate surface area is 206 Å². The van der Waals surface area contributed by atoms with Gasteiger partial charge in [-0.05, 0) is 54.8 Å². The second-order valence-corrected chi connectivity index (χ2v) is 8.69. The lowest BCUT2D eigenvalue weighted by Gasteiger charge is -2.30. The van der Waals surface area contributed by atoms with Crippen molar-refractivity contribution in [3.05, 3.63) is 94.0 Å². The lowest BCUT2D eigenvalue weighted by molar-refractivity contribution is -0.348. The molecule has 3 aromatic carbocycles. The van der Waals surface area contributed by atoms with Crippen molar-refractivity contribution in [3.8, 4) is 0 Å². The molecular formula is C26H19F7N2O2. The maximum absolute atomic E-state index is 14.4. The second kappa shape index (κ2) is 8.89. The van der Waals surface area contributed by atoms with Crippen LogP contribution in [0.5, 0.6) is 0 Å². The zero-order valence-electron chi connectivity index (χ0n) is 19.4. The molecule has 0 radical (unpaired) electrons. The number of nitrogens with zero attached hydrogens (tertiary/aromatic N) is 1. The molecule has 1 aliphatic rings. The molecule has 4 nitrogen and oxygen atoms in total. The first kappa shape index (κ1) is 26.2. The van der Waals surface area contributed by atoms with E-state index in [1.807, 2.05) is 6.07 Å². The average Bonchev–Trinajstić information content (AvgIpc) is 3.15. The molecule has 0 spiro atoms. The number of nitrogens with one attached hydrogen (secondary N) is 1. The molecule has 2 amide bonds. The third-order valence-corrected chi connectivity index (χ3v) is 6.24. The van der Waals surface area contributed by atoms with Crippen molar-refractivity contribution in [2.75, 3.05) is 10.2 Å². The highest BCUT2D eigenvalue weighted by atomic mass is 19.4. The predicted octanol–water partition coefficient (Wildman–Crippen LogP) is 7.01. The van der Waals surface area contributed by atoms with Gasteiger partial charge in [0.15, 0.2) is 0 Å². The predicted molar refractivity (Wildman–Crippen MR) is 122 cm³/mol. The summed E-state index contributed by atoms with van der Waals surface area (Å²) in [7, 11) is 0. The first-order valence-electron chi connectivity index (χ1n) is 10.9. The Bertz CT molecular complexity index is 1380. The molecule has 37 heavy (non-hydrogen) atoms. The van der Waals surface area contributed by atoms with Gasteiger partial charge in [0.05, 0.1) is 6.54 Å². The smallest absolute Gasteiger partial charge is 0.322 e. The summed E-state index contributed by atoms with van der Waals surface area (Å²) in [6, 6.07) is 13.1. The lowest BCUT2D eigenvalue weighted by atomic mass is 9.92. The third-order valence-electron chi connectivity index (χ3n) is 6.24. The Hall–Kier alpha value is -3.89. The summed E-state index contributed by atoms with van der Waals surface area (Å²) in [5.41, 5.74) is -4.90. The van der Waals surface area contributed by atoms with E-state index >= 15 is 0 Å². The molecule has 0 saturated heterocycles. The molecular weight excluding hydrogens is 505 g/mol. The molecule has 194 valence electrons. The summed E-state index contributed by atoms with van der Waals surface area (Å²) in [5.74, 6) is -0.967. The van der Waals surface area contributed by atoms with Crippen LogP contribution >= 0.6 is 0 Å². The van der Waals surface area contributed by atoms with Crippen LogP contribution in [0.1, 0.15) is 43.0 Å². The molecule has 0 bridgehead atoms. The van der Waals surface area contributed by atoms with Crippen molar-refractivity contribution < 1.29 is 40.3 Å². The van der Waals surface area contributed by atoms with Gasteiger partial charge in [-0.3, -0.25) is 9.59 Å². The number of benzene rings is 3. The van der Waals surface area contributed by atoms with Crippen molar-refractivity contribution in [2.24, 2.45) is 0 Å². The van der Waals surface area contributed by atoms with Gasteiger partial charge in [-0.1, -0.05) is 36.4 Å². The zero-order chi connectivity index (χ0) is 27.3. The number of hydrogen-bond donors (Lipinski definition) is 1. The summed E-state index contributed by atoms with van der Waals surface area (Å²) in [6.45, 7) is 3.19. The Morgan fingerprint density at radius 2 is 1.49 bits per heavy atom. The summed E-state index contributed by atoms with van der Waals surface area (Å²) in [4.78, 5) is 27.3. The number of carbonyl (C=O) groups excluding carboxylic acids is 2. The maximum Gasteiger partial charge on any atom is 0.435 e. The van der Waals surface area contributed by atoms with E-state index in [1.165, 1.54) is 17.0 Å². The lowest BCUT2D eigenvalue weighted by Crippen LogP contribution is -2.50. The van der Waals surface area contributed by atoms with E-state index in [9.17, 15) is 40.3 Å². The topological polar surface area (TPSA) is 49.4 Å². The van der Waals surface area contributed by atoms with E-state index in [2.05, 4.69) is 5.32 Å². The summed E-state index contributed by atoms with van der Waals surface area (Å²) in [6.07, 6.45) is -12.5. The van der Waals surface area contributed by atoms with E-state index in [-0.39, 0.29) is 22.7 Å². The first-order chi connectivity index (χ1) is 17.1. The molecule has 1 aliphatic heterocycles. The first-order valence-corrected chi connectivity index (χ1v) is 10.9. The van der Waals surface area contributed by atoms with Crippen LogP contribution in [0.15, 0.2) is 60.7 Å². The van der Waals surface area contributed by atoms with Gasteiger partial charge in [-0.15, -0.1) is 0 Å². The van der Waals surface area contributed by atoms with Gasteiger partial charge >= 0.3 is 18.0 Å². The Balaban J connectivity index is 1.61. The second-order valence-electron chi connectivity index (χ2n) is 8.69. The average molecular weight is 524 g/mol. The molecule has 1 N–H and O–H groups in total. The van der Waals surface area contributed by atoms with Crippen LogP contribution in [-0.2, 0) is 12.2 Å². The van der Waals surface area contributed by atoms with Crippen molar-refractivity contribution in [3.63, 3.8) is 0 Å². The summed E-state index contributed by atoms with van der Waals surface area (Å²) < 4.78 is 92.8. The molecule has 0 unspecified atom stereocenters. The fourth-order valence-electron chi connectivity index (χ4n) is 4.19. The fraction of sp³-hybridized carbons (Fsp3) is 0.231. The van der Waals surface area contributed by atoms with Gasteiger partial charge in [0.1, 0.15) is 0 Å². The monoisotopic (exact) mass is 524 g/mol. The van der Waals surface area contributed by atoms with Crippen LogP contribution in [0, 0.1) is 13.8 Å². The molecule has 3 aromatic rings. The largest absolute Gasteiger partial charge is 0.435 e. The molecule has 1 heterocycles. The molecule has 4 rings (SSSR count). The molecule has 11 heteroatoms. The molecule has 0 saturated carbocycles. The molecule has 0 atom stereocenters. The minimum absolute atomic E-state index is 0.0956. The minimum atomic E-state index is -6.24. The molecule has 0 aromatic heterocycles. The quantitative estimate of drug-likeness (QED) is 0.374. The Morgan fingerprint density at radius 3 is 2.08 bits per heavy atom. The minimum Gasteiger partial charge on any atom is -0.322 e. The fourth-order valence-corrected chi connectivity index (χ4v) is 4.19. The van der Waals surface area contributed by atoms with E-state index in [0.717, 1.165) is 18.6 Å². The van der Waals surface area contributed by atoms with E-state index in [4.69, 9.17) is 0 Å². The van der Waals surface area contributed by atoms with Gasteiger partial charge in [-0.25, -0.2) is 4.39 Å². The van der Waals surface area contributed by atoms with Gasteiger partial charge < -0.3 is 10.2 Å². The third kappa shape index (κ3) is 4.42. The SMILES string of the molecule is Cc1cc(C(F)(C(F)(F)F)C(F)(F)F)ccc1NC(=O)c1ccc(C)c(N2Cc3ccccc3C2=O)c1. The van der Waals surface area contributed by atoms with Gasteiger partial charge in [0, 0.05) is 28.1 Å². The number of amides is 2. The summed E-state index contributed by atoms with van der Waals surface area (Å²) in [5, 5.41) is 2.42. The number of rotatable bonds is 4. The van der Waals surface area contributed by atoms with Crippen molar-refractivity contribution in [2.45, 2.75) is 38.4 Å². The number of hydrogen-bond acceptors (Lipinski definition) is 2. The molecule has 0 aliphatic carbocycles. The van der Waals surface area contributed by atoms with E-state index in [0.29, 0.717) is 35.5 Å². The number of carbonyl (C=O) groups is 2. The highest BCUT2D eigenvalue weighted by Gasteiger charge is 2.73. The number of alkyl halides is 7. The number of fused-ring (bicyclic) bond motifs is 1. The zero-order valence-corrected chi connectivity index (χ0v) is 19.4. The standard InChI is InChI=1S/C26H19F7N2O2/c1-14-7-8-16(12-21(14)35-13-17-5-3-4-6-19(17)23(35)37)22(36)34-20-10-9-18(11-15(20)2)24(27,25(28,29)30)26(31,32)33/h3-12H,13H2,1-2H3,(H,34,36). The van der Waals surface area contributed by atoms with Gasteiger partial charge in [0.25, 0.3) is 11.8 Å². The highest BCUT2D eigenvalue weighted by Crippen LogP contribution is 2.53. The Morgan fingerprint density at radius 1 is 0.838 bits per heavy atom. The Kier molecular flexibility index (Phi) is 6.29. The van der Waals surface area contributed by atoms with Crippen LogP contribution in [0.25, 0.3) is 0 Å². The van der Waals surface area contributed by atoms with Crippen LogP contribution in [0.3, 0.4) is 0 Å². The van der Waals surface area contributed by atoms with Crippen LogP contribution < -0.4 is 10.2 Å². The normalized spacial score (nSPS) is 14.1. The summed E-state index contributed by atoms with van der Waals surface area (Å²) >= 11 is 0. The van der Waals surface area contributed by atoms with Gasteiger partial charge in [-0.2, -0.15) is 26.3 Å². The molecule has 0 fully saturated rings. The van der Waals surface area contributed by atoms with Crippen LogP contribution in [0.4, 0.5) is 42.1 Å². The van der Waals surface area contributed by atoms with Crippen molar-refractivity contribution in [1.29, 1.82) is 0 Å².